The van der Waals surface area contributed by atoms with Crippen molar-refractivity contribution in [3.05, 3.63) is 22.5 Å². The summed E-state index contributed by atoms with van der Waals surface area (Å²) in [5, 5.41) is 8.39. The molecule has 0 fully saturated rings. The number of nitrogen functional groups attached to an aromatic ring is 1. The number of ether oxygens (including phenoxy) is 1. The number of halogens is 1. The van der Waals surface area contributed by atoms with Crippen molar-refractivity contribution >= 4 is 5.82 Å². The van der Waals surface area contributed by atoms with E-state index < -0.39 is 17.3 Å². The molecule has 1 aromatic rings. The van der Waals surface area contributed by atoms with Crippen LogP contribution in [0.15, 0.2) is 11.0 Å². The average Bonchev–Trinajstić information content (AvgIpc) is 2.14. The van der Waals surface area contributed by atoms with Gasteiger partial charge in [0.25, 0.3) is 0 Å². The molecule has 0 bridgehead atoms. The van der Waals surface area contributed by atoms with Crippen LogP contribution in [0.25, 0.3) is 0 Å². The molecule has 0 saturated heterocycles. The quantitative estimate of drug-likeness (QED) is 0.608. The summed E-state index contributed by atoms with van der Waals surface area (Å²) in [6, 6.07) is 0. The first-order valence-corrected chi connectivity index (χ1v) is 3.86. The van der Waals surface area contributed by atoms with E-state index in [4.69, 9.17) is 15.6 Å². The molecular weight excluding hydrogens is 193 g/mol. The molecule has 7 heteroatoms. The Hall–Kier alpha value is -1.47. The maximum atomic E-state index is 12.8. The Bertz CT molecular complexity index is 366. The van der Waals surface area contributed by atoms with Crippen molar-refractivity contribution in [3.63, 3.8) is 0 Å². The van der Waals surface area contributed by atoms with Crippen molar-refractivity contribution in [2.24, 2.45) is 0 Å². The van der Waals surface area contributed by atoms with E-state index in [-0.39, 0.29) is 19.9 Å². The van der Waals surface area contributed by atoms with Crippen LogP contribution < -0.4 is 11.4 Å². The second-order valence-corrected chi connectivity index (χ2v) is 2.49. The van der Waals surface area contributed by atoms with Crippen molar-refractivity contribution in [2.45, 2.75) is 6.73 Å². The van der Waals surface area contributed by atoms with Gasteiger partial charge in [0, 0.05) is 0 Å². The number of anilines is 1. The Balaban J connectivity index is 2.77. The molecule has 0 aliphatic heterocycles. The van der Waals surface area contributed by atoms with Crippen LogP contribution in [0.1, 0.15) is 0 Å². The predicted octanol–water partition coefficient (Wildman–Crippen LogP) is -1.07. The van der Waals surface area contributed by atoms with E-state index in [0.29, 0.717) is 0 Å². The van der Waals surface area contributed by atoms with Crippen molar-refractivity contribution in [1.82, 2.24) is 9.55 Å². The first-order chi connectivity index (χ1) is 6.65. The maximum Gasteiger partial charge on any atom is 0.351 e. The van der Waals surface area contributed by atoms with Crippen LogP contribution >= 0.6 is 0 Å². The van der Waals surface area contributed by atoms with Crippen LogP contribution in [-0.4, -0.2) is 27.9 Å². The molecule has 1 heterocycles. The zero-order valence-corrected chi connectivity index (χ0v) is 7.31. The van der Waals surface area contributed by atoms with Crippen LogP contribution in [-0.2, 0) is 11.5 Å². The molecule has 0 amide bonds. The third kappa shape index (κ3) is 2.51. The monoisotopic (exact) mass is 203 g/mol. The Morgan fingerprint density at radius 3 is 3.07 bits per heavy atom. The SMILES string of the molecule is Nc1nc(=O)n(COCCO)cc1F. The summed E-state index contributed by atoms with van der Waals surface area (Å²) in [7, 11) is 0. The fourth-order valence-corrected chi connectivity index (χ4v) is 0.799. The third-order valence-corrected chi connectivity index (χ3v) is 1.44. The van der Waals surface area contributed by atoms with Gasteiger partial charge < -0.3 is 15.6 Å². The van der Waals surface area contributed by atoms with Crippen LogP contribution in [0.3, 0.4) is 0 Å². The summed E-state index contributed by atoms with van der Waals surface area (Å²) in [5.41, 5.74) is 4.37. The zero-order valence-electron chi connectivity index (χ0n) is 7.31. The van der Waals surface area contributed by atoms with E-state index in [0.717, 1.165) is 10.8 Å². The first kappa shape index (κ1) is 10.6. The van der Waals surface area contributed by atoms with Gasteiger partial charge in [-0.05, 0) is 0 Å². The molecule has 3 N–H and O–H groups in total. The van der Waals surface area contributed by atoms with Crippen LogP contribution in [0.5, 0.6) is 0 Å². The smallest absolute Gasteiger partial charge is 0.351 e. The summed E-state index contributed by atoms with van der Waals surface area (Å²) in [6.45, 7) is -0.262. The molecule has 0 saturated carbocycles. The molecule has 0 spiro atoms. The number of aromatic nitrogens is 2. The highest BCUT2D eigenvalue weighted by Gasteiger charge is 2.04. The van der Waals surface area contributed by atoms with Crippen molar-refractivity contribution < 1.29 is 14.2 Å². The third-order valence-electron chi connectivity index (χ3n) is 1.44. The summed E-state index contributed by atoms with van der Waals surface area (Å²) < 4.78 is 18.5. The minimum Gasteiger partial charge on any atom is -0.394 e. The van der Waals surface area contributed by atoms with Crippen molar-refractivity contribution in [1.29, 1.82) is 0 Å². The van der Waals surface area contributed by atoms with Gasteiger partial charge in [0.15, 0.2) is 11.6 Å². The van der Waals surface area contributed by atoms with Crippen LogP contribution in [0.2, 0.25) is 0 Å². The van der Waals surface area contributed by atoms with E-state index in [9.17, 15) is 9.18 Å². The van der Waals surface area contributed by atoms with E-state index in [1.165, 1.54) is 0 Å². The van der Waals surface area contributed by atoms with Gasteiger partial charge in [-0.3, -0.25) is 4.57 Å². The highest BCUT2D eigenvalue weighted by molar-refractivity contribution is 5.26. The van der Waals surface area contributed by atoms with Gasteiger partial charge >= 0.3 is 5.69 Å². The summed E-state index contributed by atoms with van der Waals surface area (Å²) in [6.07, 6.45) is 0.905. The fourth-order valence-electron chi connectivity index (χ4n) is 0.799. The normalized spacial score (nSPS) is 10.4. The van der Waals surface area contributed by atoms with Gasteiger partial charge in [0.05, 0.1) is 19.4 Å². The zero-order chi connectivity index (χ0) is 10.6. The van der Waals surface area contributed by atoms with Gasteiger partial charge in [-0.1, -0.05) is 0 Å². The number of nitrogens with zero attached hydrogens (tertiary/aromatic N) is 2. The number of hydrogen-bond acceptors (Lipinski definition) is 5. The highest BCUT2D eigenvalue weighted by Crippen LogP contribution is 2.00. The number of hydrogen-bond donors (Lipinski definition) is 2. The van der Waals surface area contributed by atoms with E-state index in [2.05, 4.69) is 4.98 Å². The van der Waals surface area contributed by atoms with Crippen molar-refractivity contribution in [2.75, 3.05) is 18.9 Å². The van der Waals surface area contributed by atoms with Gasteiger partial charge in [-0.15, -0.1) is 0 Å². The van der Waals surface area contributed by atoms with E-state index >= 15 is 0 Å². The Morgan fingerprint density at radius 1 is 1.71 bits per heavy atom. The minimum atomic E-state index is -0.780. The van der Waals surface area contributed by atoms with Crippen LogP contribution in [0.4, 0.5) is 10.2 Å². The number of aliphatic hydroxyl groups is 1. The molecule has 0 aromatic carbocycles. The largest absolute Gasteiger partial charge is 0.394 e. The molecule has 78 valence electrons. The topological polar surface area (TPSA) is 90.4 Å². The molecule has 0 unspecified atom stereocenters. The molecule has 1 rings (SSSR count). The maximum absolute atomic E-state index is 12.8. The number of nitrogens with two attached hydrogens (primary N) is 1. The molecule has 0 radical (unpaired) electrons. The highest BCUT2D eigenvalue weighted by atomic mass is 19.1. The lowest BCUT2D eigenvalue weighted by Gasteiger charge is -2.05. The molecule has 6 nitrogen and oxygen atoms in total. The number of aliphatic hydroxyl groups excluding tert-OH is 1. The summed E-state index contributed by atoms with van der Waals surface area (Å²) >= 11 is 0. The lowest BCUT2D eigenvalue weighted by Crippen LogP contribution is -2.26. The lowest BCUT2D eigenvalue weighted by atomic mass is 10.5. The van der Waals surface area contributed by atoms with Crippen LogP contribution in [0, 0.1) is 5.82 Å². The lowest BCUT2D eigenvalue weighted by molar-refractivity contribution is 0.0453. The first-order valence-electron chi connectivity index (χ1n) is 3.86. The second kappa shape index (κ2) is 4.68. The van der Waals surface area contributed by atoms with Gasteiger partial charge in [-0.2, -0.15) is 4.98 Å². The molecule has 1 aromatic heterocycles. The van der Waals surface area contributed by atoms with E-state index in [1.807, 2.05) is 0 Å². The summed E-state index contributed by atoms with van der Waals surface area (Å²) in [4.78, 5) is 14.3. The predicted molar refractivity (Wildman–Crippen MR) is 45.9 cm³/mol. The molecule has 14 heavy (non-hydrogen) atoms. The molecular formula is C7H10FN3O3. The Morgan fingerprint density at radius 2 is 2.43 bits per heavy atom. The standard InChI is InChI=1S/C7H10FN3O3/c8-5-3-11(4-14-2-1-12)7(13)10-6(5)9/h3,12H,1-2,4H2,(H2,9,10,13). The summed E-state index contributed by atoms with van der Waals surface area (Å²) in [5.74, 6) is -1.22. The number of rotatable bonds is 4. The molecule has 0 aliphatic rings. The Labute approximate surface area is 78.8 Å². The average molecular weight is 203 g/mol. The second-order valence-electron chi connectivity index (χ2n) is 2.49. The Kier molecular flexibility index (Phi) is 3.55. The van der Waals surface area contributed by atoms with E-state index in [1.54, 1.807) is 0 Å². The van der Waals surface area contributed by atoms with Gasteiger partial charge in [0.2, 0.25) is 0 Å². The minimum absolute atomic E-state index is 0.0679. The van der Waals surface area contributed by atoms with Gasteiger partial charge in [0.1, 0.15) is 6.73 Å². The molecule has 0 atom stereocenters. The van der Waals surface area contributed by atoms with Gasteiger partial charge in [-0.25, -0.2) is 9.18 Å². The molecule has 0 aliphatic carbocycles. The fraction of sp³-hybridized carbons (Fsp3) is 0.429. The van der Waals surface area contributed by atoms with Crippen molar-refractivity contribution in [3.8, 4) is 0 Å².